The van der Waals surface area contributed by atoms with Crippen LogP contribution in [0.25, 0.3) is 0 Å². The Bertz CT molecular complexity index is 831. The number of rotatable bonds is 5. The molecule has 0 unspecified atom stereocenters. The molecule has 25 heavy (non-hydrogen) atoms. The molecule has 0 radical (unpaired) electrons. The lowest BCUT2D eigenvalue weighted by atomic mass is 10.2. The highest BCUT2D eigenvalue weighted by Crippen LogP contribution is 2.34. The molecule has 0 aliphatic carbocycles. The minimum absolute atomic E-state index is 0.238. The predicted molar refractivity (Wildman–Crippen MR) is 104 cm³/mol. The van der Waals surface area contributed by atoms with Crippen LogP contribution in [0.1, 0.15) is 6.92 Å². The molecule has 2 amide bonds. The van der Waals surface area contributed by atoms with E-state index in [-0.39, 0.29) is 33.3 Å². The maximum absolute atomic E-state index is 12.1. The predicted octanol–water partition coefficient (Wildman–Crippen LogP) is 5.39. The standard InChI is InChI=1S/C16H12BrCl3N2O3/c1-8(23)21-13-3-2-9(17)4-14(13)22-16(24)7-25-15-6-11(19)10(18)5-12(15)20/h2-6H,7H2,1H3,(H,21,23)(H,22,24). The molecule has 132 valence electrons. The van der Waals surface area contributed by atoms with Gasteiger partial charge in [0.1, 0.15) is 5.75 Å². The van der Waals surface area contributed by atoms with Crippen molar-refractivity contribution in [1.82, 2.24) is 0 Å². The van der Waals surface area contributed by atoms with E-state index in [4.69, 9.17) is 39.5 Å². The quantitative estimate of drug-likeness (QED) is 0.581. The van der Waals surface area contributed by atoms with Gasteiger partial charge in [0, 0.05) is 17.5 Å². The summed E-state index contributed by atoms with van der Waals surface area (Å²) in [5.74, 6) is -0.453. The van der Waals surface area contributed by atoms with Crippen molar-refractivity contribution >= 4 is 73.9 Å². The van der Waals surface area contributed by atoms with Gasteiger partial charge in [-0.15, -0.1) is 0 Å². The van der Waals surface area contributed by atoms with E-state index in [1.165, 1.54) is 19.1 Å². The molecule has 0 aliphatic rings. The lowest BCUT2D eigenvalue weighted by Crippen LogP contribution is -2.21. The SMILES string of the molecule is CC(=O)Nc1ccc(Br)cc1NC(=O)COc1cc(Cl)c(Cl)cc1Cl. The molecule has 9 heteroatoms. The first-order valence-corrected chi connectivity index (χ1v) is 8.83. The van der Waals surface area contributed by atoms with Crippen LogP contribution in [0, 0.1) is 0 Å². The number of halogens is 4. The second-order valence-electron chi connectivity index (χ2n) is 4.90. The summed E-state index contributed by atoms with van der Waals surface area (Å²) in [6.07, 6.45) is 0. The molecule has 2 aromatic rings. The zero-order valence-electron chi connectivity index (χ0n) is 12.8. The monoisotopic (exact) mass is 464 g/mol. The molecule has 0 heterocycles. The Morgan fingerprint density at radius 2 is 1.68 bits per heavy atom. The van der Waals surface area contributed by atoms with E-state index in [0.717, 1.165) is 4.47 Å². The van der Waals surface area contributed by atoms with Gasteiger partial charge in [0.15, 0.2) is 6.61 Å². The second-order valence-corrected chi connectivity index (χ2v) is 7.04. The summed E-state index contributed by atoms with van der Waals surface area (Å²) < 4.78 is 6.11. The number of hydrogen-bond donors (Lipinski definition) is 2. The molecule has 0 aliphatic heterocycles. The first kappa shape index (κ1) is 19.8. The van der Waals surface area contributed by atoms with Gasteiger partial charge in [-0.1, -0.05) is 50.7 Å². The minimum atomic E-state index is -0.438. The van der Waals surface area contributed by atoms with Crippen molar-refractivity contribution in [3.8, 4) is 5.75 Å². The number of amides is 2. The van der Waals surface area contributed by atoms with Crippen LogP contribution in [0.15, 0.2) is 34.8 Å². The second kappa shape index (κ2) is 8.76. The molecule has 2 aromatic carbocycles. The summed E-state index contributed by atoms with van der Waals surface area (Å²) >= 11 is 21.0. The van der Waals surface area contributed by atoms with Gasteiger partial charge in [-0.05, 0) is 24.3 Å². The molecule has 2 rings (SSSR count). The van der Waals surface area contributed by atoms with Crippen molar-refractivity contribution in [2.24, 2.45) is 0 Å². The van der Waals surface area contributed by atoms with Crippen molar-refractivity contribution in [3.63, 3.8) is 0 Å². The van der Waals surface area contributed by atoms with Crippen molar-refractivity contribution in [2.75, 3.05) is 17.2 Å². The molecule has 0 bridgehead atoms. The van der Waals surface area contributed by atoms with Crippen LogP contribution in [0.3, 0.4) is 0 Å². The summed E-state index contributed by atoms with van der Waals surface area (Å²) in [6.45, 7) is 1.08. The third-order valence-corrected chi connectivity index (χ3v) is 4.41. The van der Waals surface area contributed by atoms with Crippen LogP contribution in [-0.2, 0) is 9.59 Å². The van der Waals surface area contributed by atoms with Gasteiger partial charge in [-0.25, -0.2) is 0 Å². The normalized spacial score (nSPS) is 10.3. The summed E-state index contributed by atoms with van der Waals surface area (Å²) in [4.78, 5) is 23.4. The van der Waals surface area contributed by atoms with Gasteiger partial charge in [-0.3, -0.25) is 9.59 Å². The zero-order chi connectivity index (χ0) is 18.6. The largest absolute Gasteiger partial charge is 0.482 e. The lowest BCUT2D eigenvalue weighted by Gasteiger charge is -2.13. The Balaban J connectivity index is 2.07. The Hall–Kier alpha value is -1.47. The smallest absolute Gasteiger partial charge is 0.262 e. The Labute approximate surface area is 167 Å². The van der Waals surface area contributed by atoms with E-state index in [2.05, 4.69) is 26.6 Å². The molecular formula is C16H12BrCl3N2O3. The molecular weight excluding hydrogens is 454 g/mol. The lowest BCUT2D eigenvalue weighted by molar-refractivity contribution is -0.118. The molecule has 0 fully saturated rings. The fourth-order valence-corrected chi connectivity index (χ4v) is 2.82. The topological polar surface area (TPSA) is 67.4 Å². The van der Waals surface area contributed by atoms with E-state index in [1.54, 1.807) is 18.2 Å². The number of carbonyl (C=O) groups excluding carboxylic acids is 2. The highest BCUT2D eigenvalue weighted by molar-refractivity contribution is 9.10. The highest BCUT2D eigenvalue weighted by Gasteiger charge is 2.12. The van der Waals surface area contributed by atoms with Gasteiger partial charge < -0.3 is 15.4 Å². The van der Waals surface area contributed by atoms with E-state index in [1.807, 2.05) is 0 Å². The van der Waals surface area contributed by atoms with E-state index < -0.39 is 5.91 Å². The number of ether oxygens (including phenoxy) is 1. The third-order valence-electron chi connectivity index (χ3n) is 2.90. The van der Waals surface area contributed by atoms with E-state index in [0.29, 0.717) is 11.4 Å². The maximum atomic E-state index is 12.1. The van der Waals surface area contributed by atoms with Gasteiger partial charge in [0.25, 0.3) is 5.91 Å². The average molecular weight is 467 g/mol. The number of benzene rings is 2. The molecule has 0 spiro atoms. The molecule has 0 aromatic heterocycles. The average Bonchev–Trinajstić information content (AvgIpc) is 2.52. The van der Waals surface area contributed by atoms with Crippen LogP contribution in [0.2, 0.25) is 15.1 Å². The Morgan fingerprint density at radius 1 is 1.00 bits per heavy atom. The van der Waals surface area contributed by atoms with Crippen LogP contribution in [-0.4, -0.2) is 18.4 Å². The highest BCUT2D eigenvalue weighted by atomic mass is 79.9. The van der Waals surface area contributed by atoms with Gasteiger partial charge in [0.05, 0.1) is 26.4 Å². The molecule has 0 saturated heterocycles. The number of nitrogens with one attached hydrogen (secondary N) is 2. The van der Waals surface area contributed by atoms with Crippen LogP contribution >= 0.6 is 50.7 Å². The van der Waals surface area contributed by atoms with Gasteiger partial charge >= 0.3 is 0 Å². The third kappa shape index (κ3) is 5.78. The van der Waals surface area contributed by atoms with E-state index in [9.17, 15) is 9.59 Å². The summed E-state index contributed by atoms with van der Waals surface area (Å²) in [5.41, 5.74) is 0.898. The number of hydrogen-bond acceptors (Lipinski definition) is 3. The van der Waals surface area contributed by atoms with Gasteiger partial charge in [0.2, 0.25) is 5.91 Å². The summed E-state index contributed by atoms with van der Waals surface area (Å²) in [5, 5.41) is 6.09. The molecule has 0 saturated carbocycles. The van der Waals surface area contributed by atoms with Crippen LogP contribution in [0.4, 0.5) is 11.4 Å². The van der Waals surface area contributed by atoms with Crippen LogP contribution in [0.5, 0.6) is 5.75 Å². The Morgan fingerprint density at radius 3 is 2.36 bits per heavy atom. The number of anilines is 2. The van der Waals surface area contributed by atoms with Crippen molar-refractivity contribution in [3.05, 3.63) is 49.9 Å². The van der Waals surface area contributed by atoms with Crippen molar-refractivity contribution in [1.29, 1.82) is 0 Å². The van der Waals surface area contributed by atoms with E-state index >= 15 is 0 Å². The minimum Gasteiger partial charge on any atom is -0.482 e. The fourth-order valence-electron chi connectivity index (χ4n) is 1.86. The van der Waals surface area contributed by atoms with Crippen molar-refractivity contribution < 1.29 is 14.3 Å². The van der Waals surface area contributed by atoms with Gasteiger partial charge in [-0.2, -0.15) is 0 Å². The molecule has 0 atom stereocenters. The van der Waals surface area contributed by atoms with Crippen LogP contribution < -0.4 is 15.4 Å². The fraction of sp³-hybridized carbons (Fsp3) is 0.125. The first-order chi connectivity index (χ1) is 11.8. The summed E-state index contributed by atoms with van der Waals surface area (Å²) in [7, 11) is 0. The zero-order valence-corrected chi connectivity index (χ0v) is 16.7. The van der Waals surface area contributed by atoms with Crippen molar-refractivity contribution in [2.45, 2.75) is 6.92 Å². The molecule has 2 N–H and O–H groups in total. The first-order valence-electron chi connectivity index (χ1n) is 6.90. The maximum Gasteiger partial charge on any atom is 0.262 e. The number of carbonyl (C=O) groups is 2. The Kier molecular flexibility index (Phi) is 6.95. The molecule has 5 nitrogen and oxygen atoms in total. The summed E-state index contributed by atoms with van der Waals surface area (Å²) in [6, 6.07) is 7.93.